The third-order valence-corrected chi connectivity index (χ3v) is 7.20. The third-order valence-electron chi connectivity index (χ3n) is 7.20. The van der Waals surface area contributed by atoms with Gasteiger partial charge in [0.25, 0.3) is 0 Å². The van der Waals surface area contributed by atoms with Gasteiger partial charge in [-0.1, -0.05) is 0 Å². The fourth-order valence-corrected chi connectivity index (χ4v) is 5.46. The first kappa shape index (κ1) is 19.4. The van der Waals surface area contributed by atoms with Crippen LogP contribution in [0.15, 0.2) is 37.1 Å². The van der Waals surface area contributed by atoms with Gasteiger partial charge in [0.1, 0.15) is 12.1 Å². The van der Waals surface area contributed by atoms with Gasteiger partial charge in [0.2, 0.25) is 5.91 Å². The van der Waals surface area contributed by atoms with Crippen LogP contribution in [0.1, 0.15) is 44.9 Å². The van der Waals surface area contributed by atoms with Crippen molar-refractivity contribution in [1.29, 1.82) is 0 Å². The van der Waals surface area contributed by atoms with Gasteiger partial charge >= 0.3 is 0 Å². The molecule has 2 aliphatic heterocycles. The Kier molecular flexibility index (Phi) is 5.15. The molecule has 7 heteroatoms. The lowest BCUT2D eigenvalue weighted by Crippen LogP contribution is -2.50. The zero-order chi connectivity index (χ0) is 20.6. The molecule has 1 amide bonds. The number of carbonyl (C=O) groups is 1. The molecule has 1 aliphatic carbocycles. The Hall–Kier alpha value is -2.54. The zero-order valence-electron chi connectivity index (χ0n) is 17.3. The number of aromatic nitrogens is 3. The number of amides is 1. The third kappa shape index (κ3) is 3.55. The summed E-state index contributed by atoms with van der Waals surface area (Å²) in [5.41, 5.74) is 1.67. The number of likely N-dealkylation sites (tertiary alicyclic amines) is 1. The summed E-state index contributed by atoms with van der Waals surface area (Å²) in [6.07, 6.45) is 13.2. The van der Waals surface area contributed by atoms with Crippen molar-refractivity contribution in [2.45, 2.75) is 57.1 Å². The first-order valence-electron chi connectivity index (χ1n) is 11.1. The monoisotopic (exact) mass is 407 g/mol. The van der Waals surface area contributed by atoms with Gasteiger partial charge in [0.15, 0.2) is 0 Å². The van der Waals surface area contributed by atoms with Crippen molar-refractivity contribution in [2.24, 2.45) is 5.41 Å². The van der Waals surface area contributed by atoms with Gasteiger partial charge in [0.05, 0.1) is 11.5 Å². The van der Waals surface area contributed by atoms with E-state index in [0.717, 1.165) is 81.5 Å². The van der Waals surface area contributed by atoms with Crippen LogP contribution >= 0.6 is 0 Å². The molecule has 0 radical (unpaired) electrons. The normalized spacial score (nSPS) is 29.6. The van der Waals surface area contributed by atoms with Crippen molar-refractivity contribution >= 4 is 11.7 Å². The van der Waals surface area contributed by atoms with Gasteiger partial charge in [-0.3, -0.25) is 4.79 Å². The predicted molar refractivity (Wildman–Crippen MR) is 114 cm³/mol. The van der Waals surface area contributed by atoms with Crippen LogP contribution in [0.5, 0.6) is 0 Å². The van der Waals surface area contributed by atoms with E-state index in [9.17, 15) is 9.90 Å². The first-order valence-corrected chi connectivity index (χ1v) is 11.1. The molecule has 0 bridgehead atoms. The minimum Gasteiger partial charge on any atom is -0.393 e. The van der Waals surface area contributed by atoms with Crippen LogP contribution in [0.2, 0.25) is 0 Å². The molecule has 2 aromatic heterocycles. The number of aliphatic hydroxyl groups is 1. The number of anilines is 1. The van der Waals surface area contributed by atoms with E-state index in [0.29, 0.717) is 11.9 Å². The minimum absolute atomic E-state index is 0.186. The second-order valence-corrected chi connectivity index (χ2v) is 9.05. The molecule has 1 spiro atoms. The molecular formula is C23H29N5O2. The van der Waals surface area contributed by atoms with E-state index >= 15 is 0 Å². The molecule has 30 heavy (non-hydrogen) atoms. The van der Waals surface area contributed by atoms with Crippen LogP contribution < -0.4 is 4.90 Å². The highest BCUT2D eigenvalue weighted by molar-refractivity contribution is 5.86. The van der Waals surface area contributed by atoms with E-state index in [-0.39, 0.29) is 11.5 Å². The number of hydrogen-bond donors (Lipinski definition) is 1. The van der Waals surface area contributed by atoms with Gasteiger partial charge in [-0.05, 0) is 57.1 Å². The van der Waals surface area contributed by atoms with E-state index in [4.69, 9.17) is 4.98 Å². The van der Waals surface area contributed by atoms with Gasteiger partial charge in [-0.15, -0.1) is 0 Å². The second-order valence-electron chi connectivity index (χ2n) is 9.05. The molecule has 2 aromatic rings. The summed E-state index contributed by atoms with van der Waals surface area (Å²) < 4.78 is 0. The maximum Gasteiger partial charge on any atom is 0.230 e. The second kappa shape index (κ2) is 7.95. The van der Waals surface area contributed by atoms with Gasteiger partial charge < -0.3 is 14.9 Å². The quantitative estimate of drug-likeness (QED) is 0.842. The van der Waals surface area contributed by atoms with Crippen LogP contribution in [-0.2, 0) is 4.79 Å². The molecule has 158 valence electrons. The maximum absolute atomic E-state index is 13.5. The number of aliphatic hydroxyl groups excluding tert-OH is 1. The van der Waals surface area contributed by atoms with E-state index in [1.54, 1.807) is 12.4 Å². The van der Waals surface area contributed by atoms with Gasteiger partial charge in [0, 0.05) is 55.4 Å². The molecule has 3 fully saturated rings. The molecule has 4 heterocycles. The van der Waals surface area contributed by atoms with Crippen molar-refractivity contribution in [2.75, 3.05) is 24.5 Å². The molecule has 1 atom stereocenters. The molecule has 0 unspecified atom stereocenters. The Morgan fingerprint density at radius 3 is 2.50 bits per heavy atom. The van der Waals surface area contributed by atoms with Crippen molar-refractivity contribution in [1.82, 2.24) is 19.9 Å². The molecule has 1 N–H and O–H groups in total. The molecule has 1 saturated carbocycles. The lowest BCUT2D eigenvalue weighted by atomic mass is 9.78. The number of rotatable bonds is 3. The Morgan fingerprint density at radius 2 is 1.77 bits per heavy atom. The van der Waals surface area contributed by atoms with Crippen LogP contribution in [0.25, 0.3) is 11.1 Å². The summed E-state index contributed by atoms with van der Waals surface area (Å²) >= 11 is 0. The fraction of sp³-hybridized carbons (Fsp3) is 0.565. The first-order chi connectivity index (χ1) is 14.6. The molecule has 5 rings (SSSR count). The number of carbonyl (C=O) groups excluding carboxylic acids is 1. The van der Waals surface area contributed by atoms with Crippen molar-refractivity contribution in [3.05, 3.63) is 37.1 Å². The Bertz CT molecular complexity index is 882. The van der Waals surface area contributed by atoms with Crippen LogP contribution in [-0.4, -0.2) is 62.6 Å². The summed E-state index contributed by atoms with van der Waals surface area (Å²) in [4.78, 5) is 30.7. The van der Waals surface area contributed by atoms with Crippen LogP contribution in [0, 0.1) is 5.41 Å². The van der Waals surface area contributed by atoms with Crippen molar-refractivity contribution < 1.29 is 9.90 Å². The predicted octanol–water partition coefficient (Wildman–Crippen LogP) is 2.66. The highest BCUT2D eigenvalue weighted by Crippen LogP contribution is 2.43. The van der Waals surface area contributed by atoms with Crippen LogP contribution in [0.4, 0.5) is 5.82 Å². The largest absolute Gasteiger partial charge is 0.393 e. The molecule has 3 aliphatic rings. The van der Waals surface area contributed by atoms with Crippen molar-refractivity contribution in [3.8, 4) is 11.1 Å². The molecule has 0 aromatic carbocycles. The average molecular weight is 408 g/mol. The van der Waals surface area contributed by atoms with Crippen LogP contribution in [0.3, 0.4) is 0 Å². The lowest BCUT2D eigenvalue weighted by molar-refractivity contribution is -0.139. The van der Waals surface area contributed by atoms with E-state index in [1.807, 2.05) is 12.3 Å². The maximum atomic E-state index is 13.5. The molecule has 2 saturated heterocycles. The van der Waals surface area contributed by atoms with E-state index in [2.05, 4.69) is 25.8 Å². The molecule has 7 nitrogen and oxygen atoms in total. The Labute approximate surface area is 177 Å². The SMILES string of the molecule is O=C1N([C@H]2CC[C@H](O)CC2)CC[C@]12CCCN(c1ccc(-c3cncnc3)cn1)C2. The van der Waals surface area contributed by atoms with Gasteiger partial charge in [-0.2, -0.15) is 0 Å². The average Bonchev–Trinajstić information content (AvgIpc) is 3.10. The Morgan fingerprint density at radius 1 is 0.967 bits per heavy atom. The highest BCUT2D eigenvalue weighted by Gasteiger charge is 2.50. The fourth-order valence-electron chi connectivity index (χ4n) is 5.46. The number of hydrogen-bond acceptors (Lipinski definition) is 6. The summed E-state index contributed by atoms with van der Waals surface area (Å²) in [5, 5.41) is 9.81. The number of piperidine rings is 1. The Balaban J connectivity index is 1.29. The van der Waals surface area contributed by atoms with E-state index in [1.165, 1.54) is 6.33 Å². The molecular weight excluding hydrogens is 378 g/mol. The highest BCUT2D eigenvalue weighted by atomic mass is 16.3. The number of nitrogens with zero attached hydrogens (tertiary/aromatic N) is 5. The summed E-state index contributed by atoms with van der Waals surface area (Å²) in [7, 11) is 0. The minimum atomic E-state index is -0.276. The number of pyridine rings is 1. The standard InChI is InChI=1S/C23H29N5O2/c29-20-5-3-19(4-6-20)28-11-9-23(22(28)30)8-1-10-27(15-23)21-7-2-17(14-26-21)18-12-24-16-25-13-18/h2,7,12-14,16,19-20,29H,1,3-6,8-11,15H2/t19-,20-,23-/m0/s1. The summed E-state index contributed by atoms with van der Waals surface area (Å²) in [5.74, 6) is 1.26. The summed E-state index contributed by atoms with van der Waals surface area (Å²) in [6, 6.07) is 4.40. The lowest BCUT2D eigenvalue weighted by Gasteiger charge is -2.41. The summed E-state index contributed by atoms with van der Waals surface area (Å²) in [6.45, 7) is 2.54. The smallest absolute Gasteiger partial charge is 0.230 e. The van der Waals surface area contributed by atoms with Crippen molar-refractivity contribution in [3.63, 3.8) is 0 Å². The topological polar surface area (TPSA) is 82.5 Å². The zero-order valence-corrected chi connectivity index (χ0v) is 17.3. The van der Waals surface area contributed by atoms with E-state index < -0.39 is 0 Å². The van der Waals surface area contributed by atoms with Gasteiger partial charge in [-0.25, -0.2) is 15.0 Å².